The molecule has 0 aliphatic heterocycles. The Balaban J connectivity index is 1.91. The molecule has 2 N–H and O–H groups in total. The van der Waals surface area contributed by atoms with Gasteiger partial charge in [0.1, 0.15) is 4.90 Å². The number of halogens is 2. The van der Waals surface area contributed by atoms with Gasteiger partial charge >= 0.3 is 0 Å². The van der Waals surface area contributed by atoms with Crippen LogP contribution in [0.4, 0.5) is 5.69 Å². The average Bonchev–Trinajstić information content (AvgIpc) is 2.84. The Morgan fingerprint density at radius 3 is 2.31 bits per heavy atom. The Morgan fingerprint density at radius 1 is 0.944 bits per heavy atom. The number of amides is 1. The van der Waals surface area contributed by atoms with Crippen molar-refractivity contribution in [3.05, 3.63) is 87.9 Å². The molecule has 0 atom stereocenters. The SMILES string of the molecule is CNS(=O)(=O)c1ccc(C)c(NC(=O)CN(CCc2ccccc2)S(=O)(=O)c2cc(Cl)ccc2Cl)c1. The molecule has 0 unspecified atom stereocenters. The highest BCUT2D eigenvalue weighted by atomic mass is 35.5. The number of carbonyl (C=O) groups excluding carboxylic acids is 1. The molecule has 1 amide bonds. The van der Waals surface area contributed by atoms with Crippen LogP contribution in [0.25, 0.3) is 0 Å². The molecule has 0 aliphatic carbocycles. The predicted octanol–water partition coefficient (Wildman–Crippen LogP) is 4.08. The van der Waals surface area contributed by atoms with Crippen LogP contribution in [-0.2, 0) is 31.3 Å². The van der Waals surface area contributed by atoms with Gasteiger partial charge in [0.25, 0.3) is 0 Å². The predicted molar refractivity (Wildman–Crippen MR) is 141 cm³/mol. The van der Waals surface area contributed by atoms with Crippen LogP contribution < -0.4 is 10.0 Å². The smallest absolute Gasteiger partial charge is 0.245 e. The first kappa shape index (κ1) is 28.1. The number of hydrogen-bond acceptors (Lipinski definition) is 5. The number of aryl methyl sites for hydroxylation is 1. The van der Waals surface area contributed by atoms with Crippen molar-refractivity contribution in [2.24, 2.45) is 0 Å². The van der Waals surface area contributed by atoms with Gasteiger partial charge in [-0.25, -0.2) is 21.6 Å². The third-order valence-electron chi connectivity index (χ3n) is 5.39. The molecule has 3 rings (SSSR count). The van der Waals surface area contributed by atoms with Gasteiger partial charge in [0.15, 0.2) is 0 Å². The van der Waals surface area contributed by atoms with Gasteiger partial charge in [0.05, 0.1) is 16.5 Å². The van der Waals surface area contributed by atoms with E-state index in [0.717, 1.165) is 9.87 Å². The lowest BCUT2D eigenvalue weighted by Crippen LogP contribution is -2.39. The van der Waals surface area contributed by atoms with Crippen molar-refractivity contribution in [1.29, 1.82) is 0 Å². The molecule has 0 fully saturated rings. The molecule has 12 heteroatoms. The number of anilines is 1. The van der Waals surface area contributed by atoms with Crippen molar-refractivity contribution in [3.63, 3.8) is 0 Å². The Labute approximate surface area is 221 Å². The molecule has 0 aromatic heterocycles. The number of carbonyl (C=O) groups is 1. The van der Waals surface area contributed by atoms with E-state index in [-0.39, 0.29) is 32.1 Å². The van der Waals surface area contributed by atoms with E-state index >= 15 is 0 Å². The summed E-state index contributed by atoms with van der Waals surface area (Å²) >= 11 is 12.2. The Kier molecular flexibility index (Phi) is 9.15. The number of nitrogens with one attached hydrogen (secondary N) is 2. The fraction of sp³-hybridized carbons (Fsp3) is 0.208. The molecule has 0 aliphatic rings. The van der Waals surface area contributed by atoms with E-state index in [2.05, 4.69) is 10.0 Å². The molecule has 3 aromatic carbocycles. The maximum atomic E-state index is 13.5. The first-order chi connectivity index (χ1) is 16.9. The fourth-order valence-electron chi connectivity index (χ4n) is 3.37. The molecule has 0 bridgehead atoms. The summed E-state index contributed by atoms with van der Waals surface area (Å²) in [4.78, 5) is 12.8. The summed E-state index contributed by atoms with van der Waals surface area (Å²) < 4.78 is 54.6. The fourth-order valence-corrected chi connectivity index (χ4v) is 6.26. The molecule has 0 radical (unpaired) electrons. The van der Waals surface area contributed by atoms with Gasteiger partial charge in [0, 0.05) is 17.3 Å². The largest absolute Gasteiger partial charge is 0.325 e. The minimum absolute atomic E-state index is 0.00420. The lowest BCUT2D eigenvalue weighted by molar-refractivity contribution is -0.116. The molecule has 36 heavy (non-hydrogen) atoms. The van der Waals surface area contributed by atoms with Gasteiger partial charge in [-0.3, -0.25) is 4.79 Å². The third-order valence-corrected chi connectivity index (χ3v) is 9.36. The van der Waals surface area contributed by atoms with E-state index in [9.17, 15) is 21.6 Å². The molecule has 0 saturated carbocycles. The van der Waals surface area contributed by atoms with Gasteiger partial charge in [-0.15, -0.1) is 0 Å². The van der Waals surface area contributed by atoms with Gasteiger partial charge in [-0.05, 0) is 61.9 Å². The van der Waals surface area contributed by atoms with E-state index in [4.69, 9.17) is 23.2 Å². The second-order valence-corrected chi connectivity index (χ2v) is 12.5. The number of nitrogens with zero attached hydrogens (tertiary/aromatic N) is 1. The summed E-state index contributed by atoms with van der Waals surface area (Å²) in [6.07, 6.45) is 0.348. The van der Waals surface area contributed by atoms with Crippen LogP contribution in [-0.4, -0.2) is 47.2 Å². The van der Waals surface area contributed by atoms with Crippen LogP contribution in [0.3, 0.4) is 0 Å². The molecular formula is C24H25Cl2N3O5S2. The van der Waals surface area contributed by atoms with Crippen LogP contribution in [0.5, 0.6) is 0 Å². The van der Waals surface area contributed by atoms with Crippen LogP contribution in [0.2, 0.25) is 10.0 Å². The van der Waals surface area contributed by atoms with Crippen molar-refractivity contribution < 1.29 is 21.6 Å². The van der Waals surface area contributed by atoms with E-state index in [0.29, 0.717) is 12.0 Å². The standard InChI is InChI=1S/C24H25Cl2N3O5S2/c1-17-8-10-20(35(31,32)27-2)15-22(17)28-24(30)16-29(13-12-18-6-4-3-5-7-18)36(33,34)23-14-19(25)9-11-21(23)26/h3-11,14-15,27H,12-13,16H2,1-2H3,(H,28,30). The van der Waals surface area contributed by atoms with Crippen LogP contribution >= 0.6 is 23.2 Å². The monoisotopic (exact) mass is 569 g/mol. The molecule has 0 saturated heterocycles. The van der Waals surface area contributed by atoms with Gasteiger partial charge < -0.3 is 5.32 Å². The molecule has 3 aromatic rings. The van der Waals surface area contributed by atoms with Crippen molar-refractivity contribution in [1.82, 2.24) is 9.03 Å². The maximum Gasteiger partial charge on any atom is 0.245 e. The number of rotatable bonds is 10. The number of sulfonamides is 2. The van der Waals surface area contributed by atoms with Crippen molar-refractivity contribution >= 4 is 54.8 Å². The second-order valence-electron chi connectivity index (χ2n) is 7.88. The molecule has 192 valence electrons. The summed E-state index contributed by atoms with van der Waals surface area (Å²) in [6, 6.07) is 17.6. The van der Waals surface area contributed by atoms with Gasteiger partial charge in [0.2, 0.25) is 26.0 Å². The third kappa shape index (κ3) is 6.84. The summed E-state index contributed by atoms with van der Waals surface area (Å²) in [6.45, 7) is 1.16. The molecule has 8 nitrogen and oxygen atoms in total. The highest BCUT2D eigenvalue weighted by Gasteiger charge is 2.29. The summed E-state index contributed by atoms with van der Waals surface area (Å²) in [5.74, 6) is -0.646. The molecule has 0 heterocycles. The van der Waals surface area contributed by atoms with Crippen LogP contribution in [0.1, 0.15) is 11.1 Å². The van der Waals surface area contributed by atoms with Gasteiger partial charge in [-0.1, -0.05) is 59.6 Å². The first-order valence-electron chi connectivity index (χ1n) is 10.8. The maximum absolute atomic E-state index is 13.5. The molecule has 0 spiro atoms. The van der Waals surface area contributed by atoms with E-state index < -0.39 is 32.5 Å². The van der Waals surface area contributed by atoms with Gasteiger partial charge in [-0.2, -0.15) is 4.31 Å². The highest BCUT2D eigenvalue weighted by molar-refractivity contribution is 7.89. The minimum Gasteiger partial charge on any atom is -0.325 e. The summed E-state index contributed by atoms with van der Waals surface area (Å²) in [7, 11) is -6.66. The van der Waals surface area contributed by atoms with E-state index in [1.165, 1.54) is 37.4 Å². The number of benzene rings is 3. The zero-order valence-electron chi connectivity index (χ0n) is 19.5. The second kappa shape index (κ2) is 11.7. The summed E-state index contributed by atoms with van der Waals surface area (Å²) in [5.41, 5.74) is 1.74. The first-order valence-corrected chi connectivity index (χ1v) is 14.4. The Morgan fingerprint density at radius 2 is 1.64 bits per heavy atom. The topological polar surface area (TPSA) is 113 Å². The average molecular weight is 571 g/mol. The lowest BCUT2D eigenvalue weighted by atomic mass is 10.1. The highest BCUT2D eigenvalue weighted by Crippen LogP contribution is 2.28. The Bertz CT molecular complexity index is 1460. The van der Waals surface area contributed by atoms with Crippen molar-refractivity contribution in [2.75, 3.05) is 25.5 Å². The normalized spacial score (nSPS) is 12.0. The van der Waals surface area contributed by atoms with Crippen LogP contribution in [0.15, 0.2) is 76.5 Å². The minimum atomic E-state index is -4.21. The Hall–Kier alpha value is -2.47. The van der Waals surface area contributed by atoms with Crippen molar-refractivity contribution in [2.45, 2.75) is 23.1 Å². The number of hydrogen-bond donors (Lipinski definition) is 2. The lowest BCUT2D eigenvalue weighted by Gasteiger charge is -2.23. The molecular weight excluding hydrogens is 545 g/mol. The van der Waals surface area contributed by atoms with Crippen LogP contribution in [0, 0.1) is 6.92 Å². The zero-order valence-corrected chi connectivity index (χ0v) is 22.7. The van der Waals surface area contributed by atoms with Crippen molar-refractivity contribution in [3.8, 4) is 0 Å². The zero-order chi connectivity index (χ0) is 26.5. The summed E-state index contributed by atoms with van der Waals surface area (Å²) in [5, 5.41) is 2.79. The van der Waals surface area contributed by atoms with E-state index in [1.54, 1.807) is 13.0 Å². The van der Waals surface area contributed by atoms with E-state index in [1.807, 2.05) is 30.3 Å². The quantitative estimate of drug-likeness (QED) is 0.382.